The number of hydrogen-bond acceptors (Lipinski definition) is 6. The maximum atomic E-state index is 12.1. The van der Waals surface area contributed by atoms with Gasteiger partial charge in [0.2, 0.25) is 5.91 Å². The second kappa shape index (κ2) is 9.81. The predicted octanol–water partition coefficient (Wildman–Crippen LogP) is 2.28. The average Bonchev–Trinajstić information content (AvgIpc) is 2.98. The van der Waals surface area contributed by atoms with Crippen molar-refractivity contribution in [3.63, 3.8) is 0 Å². The second-order valence-corrected chi connectivity index (χ2v) is 6.39. The Morgan fingerprint density at radius 3 is 2.65 bits per heavy atom. The summed E-state index contributed by atoms with van der Waals surface area (Å²) in [5.74, 6) is -0.503. The van der Waals surface area contributed by atoms with E-state index in [1.54, 1.807) is 31.2 Å². The van der Waals surface area contributed by atoms with E-state index in [4.69, 9.17) is 4.74 Å². The monoisotopic (exact) mass is 378 g/mol. The van der Waals surface area contributed by atoms with Gasteiger partial charge in [0.1, 0.15) is 0 Å². The lowest BCUT2D eigenvalue weighted by Crippen LogP contribution is -2.19. The fraction of sp³-hybridized carbons (Fsp3) is 0.412. The number of aromatic nitrogens is 3. The number of nitrogens with zero attached hydrogens (tertiary/aromatic N) is 2. The van der Waals surface area contributed by atoms with Gasteiger partial charge < -0.3 is 10.1 Å². The molecule has 9 heteroatoms. The van der Waals surface area contributed by atoms with Crippen LogP contribution in [0.25, 0.3) is 0 Å². The summed E-state index contributed by atoms with van der Waals surface area (Å²) in [6.07, 6.45) is 1.83. The number of anilines is 1. The smallest absolute Gasteiger partial charge is 0.343 e. The first kappa shape index (κ1) is 19.8. The van der Waals surface area contributed by atoms with Crippen molar-refractivity contribution in [2.24, 2.45) is 0 Å². The molecule has 0 spiro atoms. The zero-order chi connectivity index (χ0) is 18.9. The van der Waals surface area contributed by atoms with Gasteiger partial charge in [-0.05, 0) is 37.6 Å². The minimum absolute atomic E-state index is 0.121. The molecule has 1 aromatic carbocycles. The number of H-pyrrole nitrogens is 1. The summed E-state index contributed by atoms with van der Waals surface area (Å²) in [5.41, 5.74) is 0.737. The van der Waals surface area contributed by atoms with Gasteiger partial charge in [0.05, 0.1) is 17.9 Å². The van der Waals surface area contributed by atoms with Crippen LogP contribution in [0.5, 0.6) is 0 Å². The maximum Gasteiger partial charge on any atom is 0.343 e. The van der Waals surface area contributed by atoms with Gasteiger partial charge in [-0.25, -0.2) is 14.7 Å². The molecule has 140 valence electrons. The topological polar surface area (TPSA) is 106 Å². The van der Waals surface area contributed by atoms with Crippen molar-refractivity contribution in [2.45, 2.75) is 38.4 Å². The van der Waals surface area contributed by atoms with Crippen molar-refractivity contribution in [1.29, 1.82) is 0 Å². The van der Waals surface area contributed by atoms with E-state index in [-0.39, 0.29) is 17.3 Å². The Bertz CT molecular complexity index is 798. The number of unbranched alkanes of at least 4 members (excludes halogenated alkanes) is 1. The Kier molecular flexibility index (Phi) is 7.46. The van der Waals surface area contributed by atoms with Gasteiger partial charge in [-0.1, -0.05) is 25.1 Å². The molecular weight excluding hydrogens is 356 g/mol. The molecule has 0 aliphatic heterocycles. The Labute approximate surface area is 155 Å². The van der Waals surface area contributed by atoms with Crippen LogP contribution in [0, 0.1) is 0 Å². The molecule has 0 unspecified atom stereocenters. The highest BCUT2D eigenvalue weighted by molar-refractivity contribution is 7.99. The third-order valence-electron chi connectivity index (χ3n) is 3.47. The van der Waals surface area contributed by atoms with E-state index in [9.17, 15) is 14.4 Å². The minimum Gasteiger partial charge on any atom is -0.462 e. The molecule has 2 aromatic rings. The Morgan fingerprint density at radius 1 is 1.27 bits per heavy atom. The van der Waals surface area contributed by atoms with Gasteiger partial charge in [-0.2, -0.15) is 0 Å². The van der Waals surface area contributed by atoms with E-state index in [0.717, 1.165) is 12.8 Å². The minimum atomic E-state index is -0.399. The molecule has 1 heterocycles. The molecule has 0 bridgehead atoms. The van der Waals surface area contributed by atoms with Crippen LogP contribution in [0.1, 0.15) is 37.0 Å². The van der Waals surface area contributed by atoms with Gasteiger partial charge in [0.25, 0.3) is 0 Å². The lowest BCUT2D eigenvalue weighted by atomic mass is 10.2. The number of aromatic amines is 1. The van der Waals surface area contributed by atoms with Crippen LogP contribution in [0.2, 0.25) is 0 Å². The van der Waals surface area contributed by atoms with Gasteiger partial charge >= 0.3 is 11.7 Å². The van der Waals surface area contributed by atoms with E-state index in [2.05, 4.69) is 15.5 Å². The first-order valence-corrected chi connectivity index (χ1v) is 9.38. The number of thioether (sulfide) groups is 1. The second-order valence-electron chi connectivity index (χ2n) is 5.45. The van der Waals surface area contributed by atoms with Crippen LogP contribution in [0.15, 0.2) is 34.2 Å². The van der Waals surface area contributed by atoms with E-state index in [1.807, 2.05) is 6.92 Å². The van der Waals surface area contributed by atoms with Crippen LogP contribution in [0.3, 0.4) is 0 Å². The van der Waals surface area contributed by atoms with Crippen LogP contribution in [0.4, 0.5) is 5.69 Å². The first-order chi connectivity index (χ1) is 12.5. The molecule has 1 amide bonds. The highest BCUT2D eigenvalue weighted by Crippen LogP contribution is 2.15. The lowest BCUT2D eigenvalue weighted by molar-refractivity contribution is -0.113. The molecule has 1 aromatic heterocycles. The summed E-state index contributed by atoms with van der Waals surface area (Å²) in [7, 11) is 0. The number of rotatable bonds is 9. The maximum absolute atomic E-state index is 12.1. The number of amides is 1. The van der Waals surface area contributed by atoms with Gasteiger partial charge in [0.15, 0.2) is 5.16 Å². The SMILES string of the molecule is CCCCn1c(SCC(=O)Nc2ccc(C(=O)OCC)cc2)n[nH]c1=O. The Hall–Kier alpha value is -2.55. The highest BCUT2D eigenvalue weighted by atomic mass is 32.2. The summed E-state index contributed by atoms with van der Waals surface area (Å²) >= 11 is 1.19. The van der Waals surface area contributed by atoms with Crippen molar-refractivity contribution in [3.05, 3.63) is 40.3 Å². The molecule has 0 aliphatic carbocycles. The summed E-state index contributed by atoms with van der Waals surface area (Å²) in [6, 6.07) is 6.47. The summed E-state index contributed by atoms with van der Waals surface area (Å²) in [6.45, 7) is 4.67. The third kappa shape index (κ3) is 5.48. The fourth-order valence-corrected chi connectivity index (χ4v) is 2.93. The highest BCUT2D eigenvalue weighted by Gasteiger charge is 2.12. The van der Waals surface area contributed by atoms with Crippen molar-refractivity contribution >= 4 is 29.3 Å². The quantitative estimate of drug-likeness (QED) is 0.512. The van der Waals surface area contributed by atoms with E-state index in [1.165, 1.54) is 16.3 Å². The van der Waals surface area contributed by atoms with Crippen LogP contribution in [-0.4, -0.2) is 39.0 Å². The molecule has 0 fully saturated rings. The van der Waals surface area contributed by atoms with E-state index in [0.29, 0.717) is 29.6 Å². The van der Waals surface area contributed by atoms with Crippen molar-refractivity contribution in [1.82, 2.24) is 14.8 Å². The lowest BCUT2D eigenvalue weighted by Gasteiger charge is -2.07. The molecule has 8 nitrogen and oxygen atoms in total. The standard InChI is InChI=1S/C17H22N4O4S/c1-3-5-10-21-16(24)19-20-17(21)26-11-14(22)18-13-8-6-12(7-9-13)15(23)25-4-2/h6-9H,3-5,10-11H2,1-2H3,(H,18,22)(H,19,24). The number of carbonyl (C=O) groups excluding carboxylic acids is 2. The van der Waals surface area contributed by atoms with E-state index >= 15 is 0 Å². The number of carbonyl (C=O) groups is 2. The molecule has 0 radical (unpaired) electrons. The molecule has 2 rings (SSSR count). The largest absolute Gasteiger partial charge is 0.462 e. The predicted molar refractivity (Wildman–Crippen MR) is 99.5 cm³/mol. The Balaban J connectivity index is 1.89. The van der Waals surface area contributed by atoms with Crippen LogP contribution in [-0.2, 0) is 16.1 Å². The van der Waals surface area contributed by atoms with E-state index < -0.39 is 5.97 Å². The number of ether oxygens (including phenoxy) is 1. The van der Waals surface area contributed by atoms with Crippen molar-refractivity contribution < 1.29 is 14.3 Å². The zero-order valence-electron chi connectivity index (χ0n) is 14.8. The molecule has 2 N–H and O–H groups in total. The molecule has 0 aliphatic rings. The third-order valence-corrected chi connectivity index (χ3v) is 4.45. The van der Waals surface area contributed by atoms with Crippen molar-refractivity contribution in [3.8, 4) is 0 Å². The Morgan fingerprint density at radius 2 is 2.00 bits per heavy atom. The van der Waals surface area contributed by atoms with Gasteiger partial charge in [0, 0.05) is 12.2 Å². The number of nitrogens with one attached hydrogen (secondary N) is 2. The van der Waals surface area contributed by atoms with Gasteiger partial charge in [-0.3, -0.25) is 9.36 Å². The van der Waals surface area contributed by atoms with Crippen molar-refractivity contribution in [2.75, 3.05) is 17.7 Å². The van der Waals surface area contributed by atoms with Gasteiger partial charge in [-0.15, -0.1) is 5.10 Å². The number of hydrogen-bond donors (Lipinski definition) is 2. The fourth-order valence-electron chi connectivity index (χ4n) is 2.16. The average molecular weight is 378 g/mol. The molecule has 26 heavy (non-hydrogen) atoms. The number of benzene rings is 1. The summed E-state index contributed by atoms with van der Waals surface area (Å²) in [4.78, 5) is 35.4. The normalized spacial score (nSPS) is 10.5. The summed E-state index contributed by atoms with van der Waals surface area (Å²) in [5, 5.41) is 9.60. The first-order valence-electron chi connectivity index (χ1n) is 8.40. The molecular formula is C17H22N4O4S. The van der Waals surface area contributed by atoms with Crippen LogP contribution < -0.4 is 11.0 Å². The molecule has 0 saturated heterocycles. The van der Waals surface area contributed by atoms with Crippen LogP contribution >= 0.6 is 11.8 Å². The molecule has 0 saturated carbocycles. The number of esters is 1. The summed E-state index contributed by atoms with van der Waals surface area (Å²) < 4.78 is 6.45. The molecule has 0 atom stereocenters. The zero-order valence-corrected chi connectivity index (χ0v) is 15.6.